The third-order valence-electron chi connectivity index (χ3n) is 3.06. The molecule has 0 fully saturated rings. The van der Waals surface area contributed by atoms with Crippen molar-refractivity contribution in [2.75, 3.05) is 18.2 Å². The van der Waals surface area contributed by atoms with E-state index >= 15 is 0 Å². The van der Waals surface area contributed by atoms with Gasteiger partial charge in [-0.15, -0.1) is 5.10 Å². The van der Waals surface area contributed by atoms with Gasteiger partial charge in [0.25, 0.3) is 0 Å². The fourth-order valence-corrected chi connectivity index (χ4v) is 1.96. The van der Waals surface area contributed by atoms with Gasteiger partial charge in [0, 0.05) is 11.9 Å². The Morgan fingerprint density at radius 3 is 2.65 bits per heavy atom. The summed E-state index contributed by atoms with van der Waals surface area (Å²) in [5, 5.41) is 7.28. The van der Waals surface area contributed by atoms with E-state index in [-0.39, 0.29) is 5.95 Å². The number of methoxy groups -OCH3 is 1. The topological polar surface area (TPSA) is 108 Å². The van der Waals surface area contributed by atoms with Gasteiger partial charge in [-0.1, -0.05) is 6.07 Å². The molecule has 2 aromatic heterocycles. The van der Waals surface area contributed by atoms with Crippen molar-refractivity contribution in [1.82, 2.24) is 19.7 Å². The number of nitrogens with zero attached hydrogens (tertiary/aromatic N) is 4. The number of nitrogens with two attached hydrogens (primary N) is 1. The van der Waals surface area contributed by atoms with Gasteiger partial charge in [0.1, 0.15) is 0 Å². The highest BCUT2D eigenvalue weighted by Crippen LogP contribution is 2.17. The average Bonchev–Trinajstić information content (AvgIpc) is 2.96. The van der Waals surface area contributed by atoms with Crippen LogP contribution in [0.25, 0.3) is 5.82 Å². The van der Waals surface area contributed by atoms with E-state index in [1.165, 1.54) is 11.8 Å². The van der Waals surface area contributed by atoms with E-state index in [9.17, 15) is 4.79 Å². The van der Waals surface area contributed by atoms with Crippen molar-refractivity contribution in [2.45, 2.75) is 0 Å². The van der Waals surface area contributed by atoms with Crippen LogP contribution in [0.5, 0.6) is 0 Å². The Kier molecular flexibility index (Phi) is 3.88. The monoisotopic (exact) mass is 310 g/mol. The molecular weight excluding hydrogens is 296 g/mol. The number of pyridine rings is 1. The molecule has 116 valence electrons. The van der Waals surface area contributed by atoms with Crippen molar-refractivity contribution >= 4 is 23.6 Å². The maximum Gasteiger partial charge on any atom is 0.337 e. The number of carbonyl (C=O) groups excluding carboxylic acids is 1. The lowest BCUT2D eigenvalue weighted by Gasteiger charge is -2.03. The zero-order chi connectivity index (χ0) is 16.2. The van der Waals surface area contributed by atoms with Crippen LogP contribution in [0.1, 0.15) is 10.4 Å². The molecule has 0 aliphatic carbocycles. The molecular formula is C15H14N6O2. The van der Waals surface area contributed by atoms with Crippen molar-refractivity contribution in [3.8, 4) is 5.82 Å². The molecule has 0 aliphatic rings. The first kappa shape index (κ1) is 14.5. The lowest BCUT2D eigenvalue weighted by atomic mass is 10.2. The number of esters is 1. The summed E-state index contributed by atoms with van der Waals surface area (Å²) in [6.45, 7) is 0. The molecule has 3 aromatic rings. The number of benzene rings is 1. The summed E-state index contributed by atoms with van der Waals surface area (Å²) in [6, 6.07) is 12.2. The van der Waals surface area contributed by atoms with Crippen LogP contribution in [0.4, 0.5) is 17.6 Å². The first-order valence-electron chi connectivity index (χ1n) is 6.77. The molecule has 3 N–H and O–H groups in total. The molecule has 8 nitrogen and oxygen atoms in total. The normalized spacial score (nSPS) is 10.3. The number of aromatic nitrogens is 4. The van der Waals surface area contributed by atoms with E-state index in [0.29, 0.717) is 17.3 Å². The molecule has 3 rings (SSSR count). The highest BCUT2D eigenvalue weighted by Gasteiger charge is 2.10. The molecule has 2 heterocycles. The Bertz CT molecular complexity index is 814. The Morgan fingerprint density at radius 1 is 1.22 bits per heavy atom. The smallest absolute Gasteiger partial charge is 0.337 e. The van der Waals surface area contributed by atoms with Crippen LogP contribution < -0.4 is 11.1 Å². The van der Waals surface area contributed by atoms with E-state index in [2.05, 4.69) is 25.1 Å². The van der Waals surface area contributed by atoms with Crippen LogP contribution in [-0.2, 0) is 4.74 Å². The number of anilines is 3. The SMILES string of the molecule is COC(=O)c1ccc(Nc2nc(N)n(-c3ccccn3)n2)cc1. The number of carbonyl (C=O) groups is 1. The standard InChI is InChI=1S/C15H14N6O2/c1-23-13(22)10-5-7-11(8-6-10)18-15-19-14(16)21(20-15)12-4-2-3-9-17-12/h2-9H,1H3,(H3,16,18,19,20). The van der Waals surface area contributed by atoms with Crippen molar-refractivity contribution in [2.24, 2.45) is 0 Å². The lowest BCUT2D eigenvalue weighted by Crippen LogP contribution is -2.04. The van der Waals surface area contributed by atoms with E-state index in [0.717, 1.165) is 5.69 Å². The molecule has 0 saturated carbocycles. The van der Waals surface area contributed by atoms with Gasteiger partial charge in [-0.3, -0.25) is 0 Å². The molecule has 23 heavy (non-hydrogen) atoms. The van der Waals surface area contributed by atoms with Crippen LogP contribution >= 0.6 is 0 Å². The number of ether oxygens (including phenoxy) is 1. The predicted octanol–water partition coefficient (Wildman–Crippen LogP) is 1.77. The quantitative estimate of drug-likeness (QED) is 0.707. The molecule has 0 spiro atoms. The van der Waals surface area contributed by atoms with Gasteiger partial charge in [-0.05, 0) is 36.4 Å². The van der Waals surface area contributed by atoms with Gasteiger partial charge in [-0.25, -0.2) is 9.78 Å². The van der Waals surface area contributed by atoms with E-state index in [1.54, 1.807) is 42.6 Å². The molecule has 8 heteroatoms. The Labute approximate surface area is 131 Å². The number of rotatable bonds is 4. The first-order valence-corrected chi connectivity index (χ1v) is 6.77. The zero-order valence-corrected chi connectivity index (χ0v) is 12.3. The maximum atomic E-state index is 11.4. The van der Waals surface area contributed by atoms with Gasteiger partial charge in [0.15, 0.2) is 5.82 Å². The Balaban J connectivity index is 1.80. The summed E-state index contributed by atoms with van der Waals surface area (Å²) in [5.41, 5.74) is 7.04. The summed E-state index contributed by atoms with van der Waals surface area (Å²) in [7, 11) is 1.34. The average molecular weight is 310 g/mol. The molecule has 0 aliphatic heterocycles. The van der Waals surface area contributed by atoms with Crippen LogP contribution in [0.3, 0.4) is 0 Å². The fourth-order valence-electron chi connectivity index (χ4n) is 1.96. The fraction of sp³-hybridized carbons (Fsp3) is 0.0667. The Morgan fingerprint density at radius 2 is 2.00 bits per heavy atom. The second-order valence-corrected chi connectivity index (χ2v) is 4.59. The summed E-state index contributed by atoms with van der Waals surface area (Å²) in [6.07, 6.45) is 1.65. The van der Waals surface area contributed by atoms with Crippen LogP contribution in [0.2, 0.25) is 0 Å². The van der Waals surface area contributed by atoms with Gasteiger partial charge in [0.2, 0.25) is 11.9 Å². The lowest BCUT2D eigenvalue weighted by molar-refractivity contribution is 0.0601. The highest BCUT2D eigenvalue weighted by atomic mass is 16.5. The first-order chi connectivity index (χ1) is 11.2. The number of nitrogens with one attached hydrogen (secondary N) is 1. The third kappa shape index (κ3) is 3.10. The summed E-state index contributed by atoms with van der Waals surface area (Å²) in [5.74, 6) is 0.737. The van der Waals surface area contributed by atoms with Gasteiger partial charge in [-0.2, -0.15) is 9.67 Å². The van der Waals surface area contributed by atoms with Crippen LogP contribution in [0, 0.1) is 0 Å². The number of hydrogen-bond donors (Lipinski definition) is 2. The largest absolute Gasteiger partial charge is 0.465 e. The number of nitrogen functional groups attached to an aromatic ring is 1. The molecule has 0 saturated heterocycles. The van der Waals surface area contributed by atoms with Gasteiger partial charge in [0.05, 0.1) is 12.7 Å². The zero-order valence-electron chi connectivity index (χ0n) is 12.3. The minimum Gasteiger partial charge on any atom is -0.465 e. The molecule has 0 unspecified atom stereocenters. The summed E-state index contributed by atoms with van der Waals surface area (Å²) in [4.78, 5) is 19.7. The van der Waals surface area contributed by atoms with E-state index in [4.69, 9.17) is 5.73 Å². The van der Waals surface area contributed by atoms with E-state index < -0.39 is 5.97 Å². The van der Waals surface area contributed by atoms with Crippen molar-refractivity contribution in [1.29, 1.82) is 0 Å². The molecule has 0 radical (unpaired) electrons. The van der Waals surface area contributed by atoms with Crippen molar-refractivity contribution in [3.63, 3.8) is 0 Å². The minimum atomic E-state index is -0.390. The second kappa shape index (κ2) is 6.14. The van der Waals surface area contributed by atoms with Gasteiger partial charge < -0.3 is 15.8 Å². The summed E-state index contributed by atoms with van der Waals surface area (Å²) >= 11 is 0. The highest BCUT2D eigenvalue weighted by molar-refractivity contribution is 5.89. The minimum absolute atomic E-state index is 0.220. The van der Waals surface area contributed by atoms with Crippen molar-refractivity contribution in [3.05, 3.63) is 54.2 Å². The molecule has 0 atom stereocenters. The third-order valence-corrected chi connectivity index (χ3v) is 3.06. The van der Waals surface area contributed by atoms with Crippen LogP contribution in [0.15, 0.2) is 48.7 Å². The van der Waals surface area contributed by atoms with Crippen molar-refractivity contribution < 1.29 is 9.53 Å². The maximum absolute atomic E-state index is 11.4. The summed E-state index contributed by atoms with van der Waals surface area (Å²) < 4.78 is 6.09. The Hall–Kier alpha value is -3.42. The predicted molar refractivity (Wildman–Crippen MR) is 84.6 cm³/mol. The van der Waals surface area contributed by atoms with Gasteiger partial charge >= 0.3 is 5.97 Å². The molecule has 1 aromatic carbocycles. The molecule has 0 bridgehead atoms. The number of hydrogen-bond acceptors (Lipinski definition) is 7. The van der Waals surface area contributed by atoms with Crippen LogP contribution in [-0.4, -0.2) is 32.8 Å². The molecule has 0 amide bonds. The van der Waals surface area contributed by atoms with E-state index in [1.807, 2.05) is 6.07 Å². The second-order valence-electron chi connectivity index (χ2n) is 4.59.